The number of hydrogen-bond acceptors (Lipinski definition) is 2. The summed E-state index contributed by atoms with van der Waals surface area (Å²) in [6, 6.07) is 0. The van der Waals surface area contributed by atoms with E-state index < -0.39 is 11.8 Å². The van der Waals surface area contributed by atoms with Crippen molar-refractivity contribution in [3.05, 3.63) is 0 Å². The van der Waals surface area contributed by atoms with Crippen LogP contribution in [-0.2, 0) is 0 Å². The van der Waals surface area contributed by atoms with E-state index in [2.05, 4.69) is 5.32 Å². The van der Waals surface area contributed by atoms with Crippen LogP contribution in [0.5, 0.6) is 0 Å². The zero-order chi connectivity index (χ0) is 12.9. The first-order chi connectivity index (χ1) is 7.89. The Morgan fingerprint density at radius 2 is 1.82 bits per heavy atom. The van der Waals surface area contributed by atoms with E-state index in [-0.39, 0.29) is 12.8 Å². The van der Waals surface area contributed by atoms with Gasteiger partial charge in [0.15, 0.2) is 5.60 Å². The van der Waals surface area contributed by atoms with Crippen molar-refractivity contribution in [2.45, 2.75) is 56.7 Å². The van der Waals surface area contributed by atoms with Crippen molar-refractivity contribution in [2.75, 3.05) is 13.6 Å². The van der Waals surface area contributed by atoms with Crippen molar-refractivity contribution in [3.63, 3.8) is 0 Å². The van der Waals surface area contributed by atoms with Crippen molar-refractivity contribution in [3.8, 4) is 0 Å². The van der Waals surface area contributed by atoms with Gasteiger partial charge in [-0.25, -0.2) is 0 Å². The third-order valence-electron chi connectivity index (χ3n) is 3.75. The van der Waals surface area contributed by atoms with Crippen LogP contribution >= 0.6 is 0 Å². The predicted molar refractivity (Wildman–Crippen MR) is 60.7 cm³/mol. The molecule has 0 heterocycles. The molecule has 0 aromatic heterocycles. The second kappa shape index (κ2) is 6.05. The molecule has 0 aromatic carbocycles. The highest BCUT2D eigenvalue weighted by Gasteiger charge is 2.54. The lowest BCUT2D eigenvalue weighted by Gasteiger charge is -2.37. The average molecular weight is 253 g/mol. The van der Waals surface area contributed by atoms with Gasteiger partial charge in [-0.2, -0.15) is 13.2 Å². The lowest BCUT2D eigenvalue weighted by molar-refractivity contribution is -0.272. The molecule has 0 atom stereocenters. The van der Waals surface area contributed by atoms with Crippen LogP contribution in [0, 0.1) is 5.92 Å². The number of nitrogens with one attached hydrogen (secondary N) is 1. The first-order valence-electron chi connectivity index (χ1n) is 6.33. The Kier molecular flexibility index (Phi) is 5.25. The van der Waals surface area contributed by atoms with Gasteiger partial charge in [-0.05, 0) is 51.6 Å². The molecule has 17 heavy (non-hydrogen) atoms. The zero-order valence-corrected chi connectivity index (χ0v) is 10.3. The summed E-state index contributed by atoms with van der Waals surface area (Å²) in [5.74, 6) is 0.356. The average Bonchev–Trinajstić information content (AvgIpc) is 2.25. The second-order valence-corrected chi connectivity index (χ2v) is 5.07. The monoisotopic (exact) mass is 253 g/mol. The van der Waals surface area contributed by atoms with Crippen molar-refractivity contribution in [1.82, 2.24) is 5.32 Å². The molecule has 0 amide bonds. The summed E-state index contributed by atoms with van der Waals surface area (Å²) >= 11 is 0. The standard InChI is InChI=1S/C12H22F3NO/c1-16-9-3-2-4-10-5-7-11(17,8-6-10)12(13,14)15/h10,16-17H,2-9H2,1H3. The quantitative estimate of drug-likeness (QED) is 0.738. The molecular formula is C12H22F3NO. The van der Waals surface area contributed by atoms with Gasteiger partial charge in [0.05, 0.1) is 0 Å². The summed E-state index contributed by atoms with van der Waals surface area (Å²) in [4.78, 5) is 0. The molecule has 0 spiro atoms. The summed E-state index contributed by atoms with van der Waals surface area (Å²) in [7, 11) is 1.89. The molecule has 0 aromatic rings. The van der Waals surface area contributed by atoms with Crippen LogP contribution in [0.15, 0.2) is 0 Å². The van der Waals surface area contributed by atoms with Crippen LogP contribution in [-0.4, -0.2) is 30.5 Å². The lowest BCUT2D eigenvalue weighted by atomic mass is 9.76. The van der Waals surface area contributed by atoms with E-state index in [0.717, 1.165) is 25.8 Å². The Balaban J connectivity index is 2.26. The van der Waals surface area contributed by atoms with Gasteiger partial charge in [-0.1, -0.05) is 12.8 Å². The molecule has 1 saturated carbocycles. The fourth-order valence-corrected chi connectivity index (χ4v) is 2.46. The predicted octanol–water partition coefficient (Wildman–Crippen LogP) is 2.86. The summed E-state index contributed by atoms with van der Waals surface area (Å²) in [5, 5.41) is 12.5. The van der Waals surface area contributed by atoms with Gasteiger partial charge in [0.25, 0.3) is 0 Å². The van der Waals surface area contributed by atoms with E-state index >= 15 is 0 Å². The molecule has 0 radical (unpaired) electrons. The first-order valence-corrected chi connectivity index (χ1v) is 6.33. The maximum atomic E-state index is 12.5. The van der Waals surface area contributed by atoms with Crippen LogP contribution in [0.3, 0.4) is 0 Å². The number of rotatable bonds is 5. The third-order valence-corrected chi connectivity index (χ3v) is 3.75. The number of hydrogen-bond donors (Lipinski definition) is 2. The number of aliphatic hydroxyl groups is 1. The highest BCUT2D eigenvalue weighted by Crippen LogP contribution is 2.44. The minimum Gasteiger partial charge on any atom is -0.380 e. The Morgan fingerprint density at radius 3 is 2.29 bits per heavy atom. The van der Waals surface area contributed by atoms with Gasteiger partial charge < -0.3 is 10.4 Å². The fourth-order valence-electron chi connectivity index (χ4n) is 2.46. The Labute approximate surface area is 101 Å². The van der Waals surface area contributed by atoms with E-state index in [9.17, 15) is 18.3 Å². The van der Waals surface area contributed by atoms with Gasteiger partial charge in [0.1, 0.15) is 0 Å². The van der Waals surface area contributed by atoms with Crippen LogP contribution in [0.4, 0.5) is 13.2 Å². The second-order valence-electron chi connectivity index (χ2n) is 5.07. The van der Waals surface area contributed by atoms with Gasteiger partial charge in [-0.15, -0.1) is 0 Å². The molecule has 1 fully saturated rings. The molecule has 1 aliphatic rings. The van der Waals surface area contributed by atoms with Crippen LogP contribution in [0.25, 0.3) is 0 Å². The summed E-state index contributed by atoms with van der Waals surface area (Å²) < 4.78 is 37.6. The van der Waals surface area contributed by atoms with Crippen molar-refractivity contribution < 1.29 is 18.3 Å². The van der Waals surface area contributed by atoms with Gasteiger partial charge in [-0.3, -0.25) is 0 Å². The van der Waals surface area contributed by atoms with Crippen molar-refractivity contribution in [2.24, 2.45) is 5.92 Å². The summed E-state index contributed by atoms with van der Waals surface area (Å²) in [6.45, 7) is 0.958. The van der Waals surface area contributed by atoms with Gasteiger partial charge in [0, 0.05) is 0 Å². The Hall–Kier alpha value is -0.290. The number of unbranched alkanes of at least 4 members (excludes halogenated alkanes) is 1. The van der Waals surface area contributed by atoms with Gasteiger partial charge >= 0.3 is 6.18 Å². The molecule has 0 unspecified atom stereocenters. The van der Waals surface area contributed by atoms with E-state index in [4.69, 9.17) is 0 Å². The topological polar surface area (TPSA) is 32.3 Å². The largest absolute Gasteiger partial charge is 0.417 e. The first kappa shape index (κ1) is 14.8. The van der Waals surface area contributed by atoms with Crippen molar-refractivity contribution in [1.29, 1.82) is 0 Å². The van der Waals surface area contributed by atoms with E-state index in [1.54, 1.807) is 0 Å². The third kappa shape index (κ3) is 4.14. The lowest BCUT2D eigenvalue weighted by Crippen LogP contribution is -2.47. The minimum atomic E-state index is -4.47. The molecule has 5 heteroatoms. The maximum absolute atomic E-state index is 12.5. The van der Waals surface area contributed by atoms with Crippen LogP contribution < -0.4 is 5.32 Å². The Bertz CT molecular complexity index is 222. The molecule has 0 aliphatic heterocycles. The van der Waals surface area contributed by atoms with E-state index in [0.29, 0.717) is 18.8 Å². The Morgan fingerprint density at radius 1 is 1.24 bits per heavy atom. The summed E-state index contributed by atoms with van der Waals surface area (Å²) in [6.07, 6.45) is -0.641. The molecule has 0 saturated heterocycles. The van der Waals surface area contributed by atoms with E-state index in [1.807, 2.05) is 7.05 Å². The highest BCUT2D eigenvalue weighted by atomic mass is 19.4. The number of halogens is 3. The molecule has 1 aliphatic carbocycles. The zero-order valence-electron chi connectivity index (χ0n) is 10.3. The molecule has 102 valence electrons. The van der Waals surface area contributed by atoms with Crippen LogP contribution in [0.1, 0.15) is 44.9 Å². The summed E-state index contributed by atoms with van der Waals surface area (Å²) in [5.41, 5.74) is -2.42. The molecular weight excluding hydrogens is 231 g/mol. The molecule has 2 N–H and O–H groups in total. The van der Waals surface area contributed by atoms with Gasteiger partial charge in [0.2, 0.25) is 0 Å². The van der Waals surface area contributed by atoms with E-state index in [1.165, 1.54) is 0 Å². The van der Waals surface area contributed by atoms with Crippen molar-refractivity contribution >= 4 is 0 Å². The molecule has 2 nitrogen and oxygen atoms in total. The maximum Gasteiger partial charge on any atom is 0.417 e. The molecule has 0 bridgehead atoms. The van der Waals surface area contributed by atoms with Crippen LogP contribution in [0.2, 0.25) is 0 Å². The molecule has 1 rings (SSSR count). The minimum absolute atomic E-state index is 0.132. The number of alkyl halides is 3. The highest BCUT2D eigenvalue weighted by molar-refractivity contribution is 4.91. The SMILES string of the molecule is CNCCCCC1CCC(O)(C(F)(F)F)CC1. The smallest absolute Gasteiger partial charge is 0.380 e. The fraction of sp³-hybridized carbons (Fsp3) is 1.00. The normalized spacial score (nSPS) is 30.5.